The number of piperidine rings is 1. The van der Waals surface area contributed by atoms with Crippen molar-refractivity contribution in [1.82, 2.24) is 4.90 Å². The standard InChI is InChI=1S/C17H30N2/c18-9-12-2-1-3-19(10-12)11-17-15-5-13-4-14(7-15)8-16(17)6-13/h12-17H,1-11,18H2. The molecule has 5 fully saturated rings. The summed E-state index contributed by atoms with van der Waals surface area (Å²) in [5, 5.41) is 0. The lowest BCUT2D eigenvalue weighted by Crippen LogP contribution is -2.50. The van der Waals surface area contributed by atoms with E-state index in [9.17, 15) is 0 Å². The highest BCUT2D eigenvalue weighted by Crippen LogP contribution is 2.56. The fourth-order valence-corrected chi connectivity index (χ4v) is 6.14. The van der Waals surface area contributed by atoms with E-state index in [0.717, 1.165) is 42.1 Å². The number of likely N-dealkylation sites (tertiary alicyclic amines) is 1. The van der Waals surface area contributed by atoms with Crippen LogP contribution >= 0.6 is 0 Å². The lowest BCUT2D eigenvalue weighted by atomic mass is 9.52. The molecule has 5 rings (SSSR count). The minimum atomic E-state index is 0.783. The van der Waals surface area contributed by atoms with Crippen molar-refractivity contribution in [3.8, 4) is 0 Å². The number of rotatable bonds is 3. The van der Waals surface area contributed by atoms with Crippen molar-refractivity contribution in [2.24, 2.45) is 41.2 Å². The van der Waals surface area contributed by atoms with Crippen molar-refractivity contribution in [2.45, 2.75) is 44.9 Å². The smallest absolute Gasteiger partial charge is 0.00218 e. The van der Waals surface area contributed by atoms with Crippen LogP contribution in [0.3, 0.4) is 0 Å². The minimum Gasteiger partial charge on any atom is -0.330 e. The largest absolute Gasteiger partial charge is 0.330 e. The van der Waals surface area contributed by atoms with Crippen molar-refractivity contribution in [3.63, 3.8) is 0 Å². The molecule has 1 saturated heterocycles. The average Bonchev–Trinajstić information content (AvgIpc) is 2.42. The molecular formula is C17H30N2. The number of nitrogens with two attached hydrogens (primary N) is 1. The van der Waals surface area contributed by atoms with Gasteiger partial charge in [-0.25, -0.2) is 0 Å². The molecule has 2 heteroatoms. The van der Waals surface area contributed by atoms with Crippen molar-refractivity contribution >= 4 is 0 Å². The summed E-state index contributed by atoms with van der Waals surface area (Å²) in [7, 11) is 0. The Labute approximate surface area is 118 Å². The molecule has 0 spiro atoms. The van der Waals surface area contributed by atoms with Gasteiger partial charge in [-0.2, -0.15) is 0 Å². The Morgan fingerprint density at radius 3 is 2.26 bits per heavy atom. The monoisotopic (exact) mass is 262 g/mol. The SMILES string of the molecule is NCC1CCCN(CC2C3CC4CC(C3)CC2C4)C1. The Balaban J connectivity index is 1.40. The second-order valence-electron chi connectivity index (χ2n) is 8.10. The Morgan fingerprint density at radius 2 is 1.63 bits per heavy atom. The van der Waals surface area contributed by atoms with Gasteiger partial charge in [0.2, 0.25) is 0 Å². The van der Waals surface area contributed by atoms with Crippen LogP contribution in [0.5, 0.6) is 0 Å². The Bertz CT molecular complexity index is 299. The second-order valence-corrected chi connectivity index (χ2v) is 8.10. The third kappa shape index (κ3) is 2.35. The van der Waals surface area contributed by atoms with E-state index in [4.69, 9.17) is 5.73 Å². The summed E-state index contributed by atoms with van der Waals surface area (Å²) in [4.78, 5) is 2.77. The molecule has 0 aromatic heterocycles. The van der Waals surface area contributed by atoms with E-state index in [1.165, 1.54) is 32.5 Å². The minimum absolute atomic E-state index is 0.783. The Morgan fingerprint density at radius 1 is 0.947 bits per heavy atom. The van der Waals surface area contributed by atoms with Crippen LogP contribution in [0.4, 0.5) is 0 Å². The molecule has 0 amide bonds. The highest BCUT2D eigenvalue weighted by Gasteiger charge is 2.48. The van der Waals surface area contributed by atoms with Gasteiger partial charge in [-0.05, 0) is 93.5 Å². The van der Waals surface area contributed by atoms with E-state index in [0.29, 0.717) is 0 Å². The van der Waals surface area contributed by atoms with Gasteiger partial charge in [-0.1, -0.05) is 0 Å². The van der Waals surface area contributed by atoms with Crippen LogP contribution in [0.25, 0.3) is 0 Å². The average molecular weight is 262 g/mol. The van der Waals surface area contributed by atoms with Gasteiger partial charge in [-0.3, -0.25) is 0 Å². The molecule has 0 aromatic carbocycles. The van der Waals surface area contributed by atoms with Gasteiger partial charge in [0.05, 0.1) is 0 Å². The van der Waals surface area contributed by atoms with Crippen molar-refractivity contribution in [3.05, 3.63) is 0 Å². The summed E-state index contributed by atoms with van der Waals surface area (Å²) in [5.74, 6) is 6.26. The molecule has 2 nitrogen and oxygen atoms in total. The molecule has 0 aromatic rings. The van der Waals surface area contributed by atoms with Crippen molar-refractivity contribution in [1.29, 1.82) is 0 Å². The first kappa shape index (κ1) is 12.6. The van der Waals surface area contributed by atoms with Gasteiger partial charge in [0.25, 0.3) is 0 Å². The second kappa shape index (κ2) is 5.04. The molecule has 1 aliphatic heterocycles. The summed E-state index contributed by atoms with van der Waals surface area (Å²) in [6.45, 7) is 4.95. The topological polar surface area (TPSA) is 29.3 Å². The molecule has 19 heavy (non-hydrogen) atoms. The first-order chi connectivity index (χ1) is 9.31. The number of hydrogen-bond donors (Lipinski definition) is 1. The zero-order valence-electron chi connectivity index (χ0n) is 12.3. The zero-order chi connectivity index (χ0) is 12.8. The van der Waals surface area contributed by atoms with Gasteiger partial charge in [0.15, 0.2) is 0 Å². The van der Waals surface area contributed by atoms with Crippen LogP contribution in [0, 0.1) is 35.5 Å². The molecule has 4 saturated carbocycles. The molecular weight excluding hydrogens is 232 g/mol. The predicted molar refractivity (Wildman–Crippen MR) is 78.8 cm³/mol. The van der Waals surface area contributed by atoms with Crippen LogP contribution in [-0.4, -0.2) is 31.1 Å². The normalized spacial score (nSPS) is 49.7. The molecule has 0 radical (unpaired) electrons. The fourth-order valence-electron chi connectivity index (χ4n) is 6.14. The van der Waals surface area contributed by atoms with E-state index >= 15 is 0 Å². The number of nitrogens with zero attached hydrogens (tertiary/aromatic N) is 1. The van der Waals surface area contributed by atoms with Gasteiger partial charge >= 0.3 is 0 Å². The molecule has 1 heterocycles. The highest BCUT2D eigenvalue weighted by atomic mass is 15.1. The highest BCUT2D eigenvalue weighted by molar-refractivity contribution is 4.99. The first-order valence-corrected chi connectivity index (χ1v) is 8.74. The quantitative estimate of drug-likeness (QED) is 0.847. The third-order valence-corrected chi connectivity index (χ3v) is 6.83. The molecule has 4 aliphatic carbocycles. The van der Waals surface area contributed by atoms with Crippen LogP contribution in [-0.2, 0) is 0 Å². The number of hydrogen-bond acceptors (Lipinski definition) is 2. The fraction of sp³-hybridized carbons (Fsp3) is 1.00. The molecule has 108 valence electrons. The maximum Gasteiger partial charge on any atom is 0.00218 e. The van der Waals surface area contributed by atoms with E-state index in [2.05, 4.69) is 4.90 Å². The molecule has 5 aliphatic rings. The van der Waals surface area contributed by atoms with Crippen LogP contribution in [0.15, 0.2) is 0 Å². The van der Waals surface area contributed by atoms with Crippen LogP contribution in [0.2, 0.25) is 0 Å². The first-order valence-electron chi connectivity index (χ1n) is 8.74. The summed E-state index contributed by atoms with van der Waals surface area (Å²) >= 11 is 0. The Hall–Kier alpha value is -0.0800. The lowest BCUT2D eigenvalue weighted by Gasteiger charge is -2.55. The van der Waals surface area contributed by atoms with E-state index in [1.54, 1.807) is 32.1 Å². The summed E-state index contributed by atoms with van der Waals surface area (Å²) in [6, 6.07) is 0. The predicted octanol–water partition coefficient (Wildman–Crippen LogP) is 2.73. The van der Waals surface area contributed by atoms with Gasteiger partial charge in [-0.15, -0.1) is 0 Å². The summed E-state index contributed by atoms with van der Waals surface area (Å²) in [5.41, 5.74) is 5.89. The maximum atomic E-state index is 5.89. The third-order valence-electron chi connectivity index (χ3n) is 6.83. The maximum absolute atomic E-state index is 5.89. The van der Waals surface area contributed by atoms with Gasteiger partial charge in [0, 0.05) is 13.1 Å². The van der Waals surface area contributed by atoms with Gasteiger partial charge in [0.1, 0.15) is 0 Å². The van der Waals surface area contributed by atoms with Crippen molar-refractivity contribution in [2.75, 3.05) is 26.2 Å². The summed E-state index contributed by atoms with van der Waals surface area (Å²) < 4.78 is 0. The zero-order valence-corrected chi connectivity index (χ0v) is 12.3. The Kier molecular flexibility index (Phi) is 3.35. The molecule has 2 N–H and O–H groups in total. The lowest BCUT2D eigenvalue weighted by molar-refractivity contribution is -0.0524. The van der Waals surface area contributed by atoms with Crippen molar-refractivity contribution < 1.29 is 0 Å². The molecule has 4 bridgehead atoms. The van der Waals surface area contributed by atoms with Gasteiger partial charge < -0.3 is 10.6 Å². The van der Waals surface area contributed by atoms with Crippen LogP contribution < -0.4 is 5.73 Å². The molecule has 1 unspecified atom stereocenters. The van der Waals surface area contributed by atoms with E-state index in [-0.39, 0.29) is 0 Å². The van der Waals surface area contributed by atoms with E-state index < -0.39 is 0 Å². The summed E-state index contributed by atoms with van der Waals surface area (Å²) in [6.07, 6.45) is 10.6. The van der Waals surface area contributed by atoms with E-state index in [1.807, 2.05) is 0 Å². The van der Waals surface area contributed by atoms with Crippen LogP contribution in [0.1, 0.15) is 44.9 Å². The molecule has 1 atom stereocenters.